The van der Waals surface area contributed by atoms with Crippen molar-refractivity contribution >= 4 is 0 Å². The minimum absolute atomic E-state index is 0.370. The Morgan fingerprint density at radius 3 is 2.65 bits per heavy atom. The smallest absolute Gasteiger partial charge is 0.136 e. The number of hydrogen-bond donors (Lipinski definition) is 1. The van der Waals surface area contributed by atoms with Crippen LogP contribution in [0.25, 0.3) is 0 Å². The summed E-state index contributed by atoms with van der Waals surface area (Å²) in [6, 6.07) is 9.73. The molecule has 1 aromatic rings. The molecule has 2 N–H and O–H groups in total. The van der Waals surface area contributed by atoms with Crippen LogP contribution in [0.5, 0.6) is 5.75 Å². The lowest BCUT2D eigenvalue weighted by Crippen LogP contribution is -2.46. The molecule has 2 aliphatic rings. The van der Waals surface area contributed by atoms with Crippen molar-refractivity contribution in [1.29, 1.82) is 5.26 Å². The van der Waals surface area contributed by atoms with Crippen molar-refractivity contribution in [1.82, 2.24) is 4.90 Å². The van der Waals surface area contributed by atoms with Crippen LogP contribution >= 0.6 is 0 Å². The predicted molar refractivity (Wildman–Crippen MR) is 77.3 cm³/mol. The summed E-state index contributed by atoms with van der Waals surface area (Å²) >= 11 is 0. The maximum atomic E-state index is 9.17. The highest BCUT2D eigenvalue weighted by Crippen LogP contribution is 2.36. The second-order valence-corrected chi connectivity index (χ2v) is 5.94. The number of nitrogens with zero attached hydrogens (tertiary/aromatic N) is 2. The molecule has 2 saturated heterocycles. The van der Waals surface area contributed by atoms with Gasteiger partial charge in [-0.1, -0.05) is 6.07 Å². The first-order valence-electron chi connectivity index (χ1n) is 7.29. The summed E-state index contributed by atoms with van der Waals surface area (Å²) in [5.74, 6) is 0.653. The van der Waals surface area contributed by atoms with E-state index in [1.165, 1.54) is 18.4 Å². The number of rotatable bonds is 3. The lowest BCUT2D eigenvalue weighted by molar-refractivity contribution is 0.120. The molecule has 1 aromatic carbocycles. The summed E-state index contributed by atoms with van der Waals surface area (Å²) in [6.45, 7) is 0.917. The number of ether oxygens (including phenoxy) is 1. The van der Waals surface area contributed by atoms with E-state index in [1.54, 1.807) is 7.11 Å². The topological polar surface area (TPSA) is 62.3 Å². The number of benzene rings is 1. The fraction of sp³-hybridized carbons (Fsp3) is 0.562. The van der Waals surface area contributed by atoms with E-state index in [1.807, 2.05) is 12.1 Å². The van der Waals surface area contributed by atoms with Gasteiger partial charge < -0.3 is 10.5 Å². The van der Waals surface area contributed by atoms with Gasteiger partial charge in [-0.25, -0.2) is 0 Å². The molecule has 0 aromatic heterocycles. The third kappa shape index (κ3) is 2.39. The molecule has 4 nitrogen and oxygen atoms in total. The van der Waals surface area contributed by atoms with E-state index in [4.69, 9.17) is 10.5 Å². The van der Waals surface area contributed by atoms with Crippen LogP contribution in [-0.2, 0) is 6.54 Å². The third-order valence-corrected chi connectivity index (χ3v) is 4.67. The van der Waals surface area contributed by atoms with Crippen LogP contribution in [-0.4, -0.2) is 30.1 Å². The molecule has 0 amide bonds. The van der Waals surface area contributed by atoms with Crippen LogP contribution in [0.2, 0.25) is 0 Å². The summed E-state index contributed by atoms with van der Waals surface area (Å²) < 4.78 is 5.20. The Morgan fingerprint density at radius 1 is 1.35 bits per heavy atom. The molecule has 2 fully saturated rings. The molecule has 20 heavy (non-hydrogen) atoms. The minimum atomic E-state index is 0.370. The fourth-order valence-electron chi connectivity index (χ4n) is 3.73. The second kappa shape index (κ2) is 5.43. The van der Waals surface area contributed by atoms with Crippen LogP contribution < -0.4 is 10.5 Å². The monoisotopic (exact) mass is 271 g/mol. The lowest BCUT2D eigenvalue weighted by Gasteiger charge is -2.37. The maximum Gasteiger partial charge on any atom is 0.136 e. The Hall–Kier alpha value is -1.57. The van der Waals surface area contributed by atoms with Crippen molar-refractivity contribution in [3.63, 3.8) is 0 Å². The Balaban J connectivity index is 1.77. The number of nitriles is 1. The van der Waals surface area contributed by atoms with Gasteiger partial charge in [0.05, 0.1) is 12.7 Å². The third-order valence-electron chi connectivity index (χ3n) is 4.67. The molecule has 2 heterocycles. The van der Waals surface area contributed by atoms with Crippen molar-refractivity contribution in [2.24, 2.45) is 5.73 Å². The summed E-state index contributed by atoms with van der Waals surface area (Å²) in [5, 5.41) is 9.17. The van der Waals surface area contributed by atoms with E-state index < -0.39 is 0 Å². The number of fused-ring (bicyclic) bond motifs is 2. The predicted octanol–water partition coefficient (Wildman–Crippen LogP) is 2.02. The largest absolute Gasteiger partial charge is 0.495 e. The Kier molecular flexibility index (Phi) is 3.64. The summed E-state index contributed by atoms with van der Waals surface area (Å²) in [4.78, 5) is 2.58. The first-order valence-corrected chi connectivity index (χ1v) is 7.29. The van der Waals surface area contributed by atoms with E-state index >= 15 is 0 Å². The summed E-state index contributed by atoms with van der Waals surface area (Å²) in [7, 11) is 1.60. The highest BCUT2D eigenvalue weighted by molar-refractivity contribution is 5.45. The molecule has 2 bridgehead atoms. The first-order chi connectivity index (χ1) is 9.71. The van der Waals surface area contributed by atoms with E-state index in [0.717, 1.165) is 19.4 Å². The first kappa shape index (κ1) is 13.4. The van der Waals surface area contributed by atoms with Gasteiger partial charge in [0, 0.05) is 24.7 Å². The molecule has 0 saturated carbocycles. The van der Waals surface area contributed by atoms with Crippen LogP contribution in [0.3, 0.4) is 0 Å². The molecular weight excluding hydrogens is 250 g/mol. The average Bonchev–Trinajstić information content (AvgIpc) is 2.70. The number of methoxy groups -OCH3 is 1. The minimum Gasteiger partial charge on any atom is -0.495 e. The Bertz CT molecular complexity index is 523. The highest BCUT2D eigenvalue weighted by atomic mass is 16.5. The van der Waals surface area contributed by atoms with Gasteiger partial charge in [-0.2, -0.15) is 5.26 Å². The van der Waals surface area contributed by atoms with Gasteiger partial charge in [0.15, 0.2) is 0 Å². The zero-order valence-corrected chi connectivity index (χ0v) is 11.9. The van der Waals surface area contributed by atoms with Gasteiger partial charge in [-0.3, -0.25) is 4.90 Å². The number of nitrogens with two attached hydrogens (primary N) is 1. The molecule has 2 unspecified atom stereocenters. The van der Waals surface area contributed by atoms with E-state index in [0.29, 0.717) is 29.4 Å². The molecule has 2 aliphatic heterocycles. The molecule has 0 aliphatic carbocycles. The van der Waals surface area contributed by atoms with E-state index in [9.17, 15) is 5.26 Å². The highest BCUT2D eigenvalue weighted by Gasteiger charge is 2.39. The van der Waals surface area contributed by atoms with Gasteiger partial charge >= 0.3 is 0 Å². The van der Waals surface area contributed by atoms with Crippen LogP contribution in [0.4, 0.5) is 0 Å². The fourth-order valence-corrected chi connectivity index (χ4v) is 3.73. The maximum absolute atomic E-state index is 9.17. The normalized spacial score (nSPS) is 29.1. The van der Waals surface area contributed by atoms with Crippen molar-refractivity contribution in [3.05, 3.63) is 29.3 Å². The molecule has 4 heteroatoms. The Morgan fingerprint density at radius 2 is 2.05 bits per heavy atom. The molecule has 3 rings (SSSR count). The lowest BCUT2D eigenvalue weighted by atomic mass is 9.97. The van der Waals surface area contributed by atoms with Gasteiger partial charge in [-0.15, -0.1) is 0 Å². The standard InChI is InChI=1S/C16H21N3O/c1-20-16-5-2-11(6-12(16)9-17)10-19-14-3-4-15(19)8-13(18)7-14/h2,5-6,13-15H,3-4,7-8,10,18H2,1H3. The zero-order valence-electron chi connectivity index (χ0n) is 11.9. The van der Waals surface area contributed by atoms with Crippen molar-refractivity contribution < 1.29 is 4.74 Å². The molecule has 0 spiro atoms. The van der Waals surface area contributed by atoms with Crippen molar-refractivity contribution in [2.45, 2.75) is 50.4 Å². The molecule has 2 atom stereocenters. The quantitative estimate of drug-likeness (QED) is 0.913. The van der Waals surface area contributed by atoms with Crippen LogP contribution in [0, 0.1) is 11.3 Å². The summed E-state index contributed by atoms with van der Waals surface area (Å²) in [6.07, 6.45) is 4.74. The number of hydrogen-bond acceptors (Lipinski definition) is 4. The second-order valence-electron chi connectivity index (χ2n) is 5.94. The van der Waals surface area contributed by atoms with Crippen molar-refractivity contribution in [3.8, 4) is 11.8 Å². The Labute approximate surface area is 120 Å². The number of piperidine rings is 1. The van der Waals surface area contributed by atoms with Gasteiger partial charge in [0.1, 0.15) is 11.8 Å². The van der Waals surface area contributed by atoms with Gasteiger partial charge in [-0.05, 0) is 43.4 Å². The van der Waals surface area contributed by atoms with E-state index in [2.05, 4.69) is 17.0 Å². The van der Waals surface area contributed by atoms with E-state index in [-0.39, 0.29) is 0 Å². The zero-order chi connectivity index (χ0) is 14.1. The molecule has 0 radical (unpaired) electrons. The van der Waals surface area contributed by atoms with Crippen molar-refractivity contribution in [2.75, 3.05) is 7.11 Å². The van der Waals surface area contributed by atoms with Gasteiger partial charge in [0.2, 0.25) is 0 Å². The summed E-state index contributed by atoms with van der Waals surface area (Å²) in [5.41, 5.74) is 7.91. The average molecular weight is 271 g/mol. The SMILES string of the molecule is COc1ccc(CN2C3CCC2CC(N)C3)cc1C#N. The van der Waals surface area contributed by atoms with Gasteiger partial charge in [0.25, 0.3) is 0 Å². The van der Waals surface area contributed by atoms with Crippen LogP contribution in [0.15, 0.2) is 18.2 Å². The molecular formula is C16H21N3O. The molecule has 106 valence electrons. The van der Waals surface area contributed by atoms with Crippen LogP contribution in [0.1, 0.15) is 36.8 Å².